The van der Waals surface area contributed by atoms with Gasteiger partial charge in [-0.2, -0.15) is 0 Å². The number of halogens is 2. The monoisotopic (exact) mass is 265 g/mol. The number of oxime groups is 1. The third-order valence-corrected chi connectivity index (χ3v) is 1.78. The van der Waals surface area contributed by atoms with E-state index in [0.29, 0.717) is 19.0 Å². The molecule has 0 heterocycles. The Hall–Kier alpha value is -0.970. The van der Waals surface area contributed by atoms with Crippen molar-refractivity contribution >= 4 is 30.6 Å². The maximum absolute atomic E-state index is 5.67. The summed E-state index contributed by atoms with van der Waals surface area (Å²) in [5.41, 5.74) is 13.0. The van der Waals surface area contributed by atoms with E-state index in [9.17, 15) is 0 Å². The van der Waals surface area contributed by atoms with Crippen LogP contribution in [-0.4, -0.2) is 12.4 Å². The van der Waals surface area contributed by atoms with Crippen LogP contribution in [0.25, 0.3) is 0 Å². The quantitative estimate of drug-likeness (QED) is 0.494. The maximum atomic E-state index is 5.67. The molecule has 0 aromatic heterocycles. The van der Waals surface area contributed by atoms with Gasteiger partial charge in [0.1, 0.15) is 6.61 Å². The second-order valence-corrected chi connectivity index (χ2v) is 2.80. The normalized spacial score (nSPS) is 10.0. The van der Waals surface area contributed by atoms with E-state index < -0.39 is 0 Å². The minimum atomic E-state index is 0. The van der Waals surface area contributed by atoms with E-state index in [1.165, 1.54) is 0 Å². The topological polar surface area (TPSA) is 73.6 Å². The first-order valence-electron chi connectivity index (χ1n) is 4.52. The van der Waals surface area contributed by atoms with Crippen LogP contribution in [0.3, 0.4) is 0 Å². The molecule has 1 rings (SSSR count). The molecule has 16 heavy (non-hydrogen) atoms. The van der Waals surface area contributed by atoms with Crippen molar-refractivity contribution in [1.29, 1.82) is 0 Å². The molecule has 0 aliphatic carbocycles. The van der Waals surface area contributed by atoms with Gasteiger partial charge in [0.05, 0.1) is 0 Å². The first kappa shape index (κ1) is 17.4. The van der Waals surface area contributed by atoms with Crippen LogP contribution in [-0.2, 0) is 11.4 Å². The van der Waals surface area contributed by atoms with Gasteiger partial charge in [-0.25, -0.2) is 0 Å². The van der Waals surface area contributed by atoms with E-state index >= 15 is 0 Å². The van der Waals surface area contributed by atoms with Crippen molar-refractivity contribution in [3.05, 3.63) is 35.4 Å². The second kappa shape index (κ2) is 9.27. The summed E-state index contributed by atoms with van der Waals surface area (Å²) in [5.74, 6) is 0.385. The van der Waals surface area contributed by atoms with Crippen molar-refractivity contribution in [2.24, 2.45) is 16.6 Å². The standard InChI is InChI=1S/C10H15N3O.2ClH/c1-2-14-13-10(12)9-5-3-8(7-11)4-6-9;;/h3-6H,2,7,11H2,1H3,(H2,12,13);2*1H. The largest absolute Gasteiger partial charge is 0.394 e. The Morgan fingerprint density at radius 3 is 2.25 bits per heavy atom. The van der Waals surface area contributed by atoms with E-state index in [0.717, 1.165) is 11.1 Å². The number of nitrogens with zero attached hydrogens (tertiary/aromatic N) is 1. The average Bonchev–Trinajstić information content (AvgIpc) is 2.26. The molecule has 0 unspecified atom stereocenters. The second-order valence-electron chi connectivity index (χ2n) is 2.80. The zero-order valence-electron chi connectivity index (χ0n) is 9.05. The molecule has 0 fully saturated rings. The van der Waals surface area contributed by atoms with Crippen molar-refractivity contribution in [2.45, 2.75) is 13.5 Å². The summed E-state index contributed by atoms with van der Waals surface area (Å²) in [5, 5.41) is 3.73. The molecule has 0 saturated heterocycles. The highest BCUT2D eigenvalue weighted by Gasteiger charge is 1.98. The summed E-state index contributed by atoms with van der Waals surface area (Å²) >= 11 is 0. The van der Waals surface area contributed by atoms with Gasteiger partial charge in [0.15, 0.2) is 5.84 Å². The molecule has 4 N–H and O–H groups in total. The predicted octanol–water partition coefficient (Wildman–Crippen LogP) is 1.65. The lowest BCUT2D eigenvalue weighted by molar-refractivity contribution is 0.158. The third kappa shape index (κ3) is 5.21. The fourth-order valence-electron chi connectivity index (χ4n) is 0.998. The van der Waals surface area contributed by atoms with E-state index in [1.807, 2.05) is 31.2 Å². The van der Waals surface area contributed by atoms with Gasteiger partial charge < -0.3 is 16.3 Å². The van der Waals surface area contributed by atoms with Crippen LogP contribution in [0.4, 0.5) is 0 Å². The van der Waals surface area contributed by atoms with Gasteiger partial charge in [-0.15, -0.1) is 24.8 Å². The van der Waals surface area contributed by atoms with Gasteiger partial charge in [-0.3, -0.25) is 0 Å². The summed E-state index contributed by atoms with van der Waals surface area (Å²) in [7, 11) is 0. The Bertz CT molecular complexity index is 314. The summed E-state index contributed by atoms with van der Waals surface area (Å²) in [6.07, 6.45) is 0. The lowest BCUT2D eigenvalue weighted by Gasteiger charge is -2.01. The van der Waals surface area contributed by atoms with Crippen molar-refractivity contribution < 1.29 is 4.84 Å². The van der Waals surface area contributed by atoms with Crippen molar-refractivity contribution in [1.82, 2.24) is 0 Å². The molecule has 0 spiro atoms. The Labute approximate surface area is 108 Å². The Morgan fingerprint density at radius 2 is 1.81 bits per heavy atom. The molecule has 0 aliphatic heterocycles. The first-order valence-corrected chi connectivity index (χ1v) is 4.52. The maximum Gasteiger partial charge on any atom is 0.170 e. The van der Waals surface area contributed by atoms with E-state index in [2.05, 4.69) is 5.16 Å². The molecule has 4 nitrogen and oxygen atoms in total. The molecule has 92 valence electrons. The number of amidine groups is 1. The van der Waals surface area contributed by atoms with Crippen LogP contribution >= 0.6 is 24.8 Å². The molecule has 0 bridgehead atoms. The Kier molecular flexibility index (Phi) is 10.1. The SMILES string of the molecule is CCO/N=C(\N)c1ccc(CN)cc1.Cl.Cl. The number of hydrogen-bond donors (Lipinski definition) is 2. The number of nitrogens with two attached hydrogens (primary N) is 2. The molecule has 0 radical (unpaired) electrons. The highest BCUT2D eigenvalue weighted by atomic mass is 35.5. The Morgan fingerprint density at radius 1 is 1.25 bits per heavy atom. The fourth-order valence-corrected chi connectivity index (χ4v) is 0.998. The summed E-state index contributed by atoms with van der Waals surface area (Å²) in [6, 6.07) is 7.59. The molecule has 1 aromatic carbocycles. The minimum Gasteiger partial charge on any atom is -0.394 e. The van der Waals surface area contributed by atoms with Gasteiger partial charge in [0.2, 0.25) is 0 Å². The van der Waals surface area contributed by atoms with Crippen LogP contribution in [0.15, 0.2) is 29.4 Å². The number of rotatable bonds is 4. The zero-order valence-corrected chi connectivity index (χ0v) is 10.7. The van der Waals surface area contributed by atoms with Crippen LogP contribution < -0.4 is 11.5 Å². The highest BCUT2D eigenvalue weighted by molar-refractivity contribution is 5.97. The van der Waals surface area contributed by atoms with Crippen LogP contribution in [0.1, 0.15) is 18.1 Å². The molecule has 0 aliphatic rings. The summed E-state index contributed by atoms with van der Waals surface area (Å²) < 4.78 is 0. The first-order chi connectivity index (χ1) is 6.77. The predicted molar refractivity (Wildman–Crippen MR) is 71.2 cm³/mol. The summed E-state index contributed by atoms with van der Waals surface area (Å²) in [4.78, 5) is 4.84. The minimum absolute atomic E-state index is 0. The van der Waals surface area contributed by atoms with Crippen molar-refractivity contribution in [3.63, 3.8) is 0 Å². The van der Waals surface area contributed by atoms with Crippen molar-refractivity contribution in [2.75, 3.05) is 6.61 Å². The van der Waals surface area contributed by atoms with E-state index in [4.69, 9.17) is 16.3 Å². The molecule has 1 aromatic rings. The van der Waals surface area contributed by atoms with Crippen molar-refractivity contribution in [3.8, 4) is 0 Å². The van der Waals surface area contributed by atoms with E-state index in [-0.39, 0.29) is 24.8 Å². The fraction of sp³-hybridized carbons (Fsp3) is 0.300. The number of benzene rings is 1. The molecule has 6 heteroatoms. The van der Waals surface area contributed by atoms with Gasteiger partial charge in [-0.05, 0) is 12.5 Å². The molecular formula is C10H17Cl2N3O. The number of hydrogen-bond acceptors (Lipinski definition) is 3. The summed E-state index contributed by atoms with van der Waals surface area (Å²) in [6.45, 7) is 2.90. The zero-order chi connectivity index (χ0) is 10.4. The third-order valence-electron chi connectivity index (χ3n) is 1.78. The van der Waals surface area contributed by atoms with Crippen LogP contribution in [0, 0.1) is 0 Å². The average molecular weight is 266 g/mol. The molecule has 0 atom stereocenters. The highest BCUT2D eigenvalue weighted by Crippen LogP contribution is 2.03. The van der Waals surface area contributed by atoms with Gasteiger partial charge in [0, 0.05) is 12.1 Å². The van der Waals surface area contributed by atoms with Gasteiger partial charge >= 0.3 is 0 Å². The lowest BCUT2D eigenvalue weighted by Crippen LogP contribution is -2.14. The lowest BCUT2D eigenvalue weighted by atomic mass is 10.1. The molecule has 0 saturated carbocycles. The Balaban J connectivity index is 0. The van der Waals surface area contributed by atoms with Gasteiger partial charge in [0.25, 0.3) is 0 Å². The van der Waals surface area contributed by atoms with Crippen LogP contribution in [0.2, 0.25) is 0 Å². The van der Waals surface area contributed by atoms with Gasteiger partial charge in [-0.1, -0.05) is 29.4 Å². The molecule has 0 amide bonds. The molecular weight excluding hydrogens is 249 g/mol. The smallest absolute Gasteiger partial charge is 0.170 e. The van der Waals surface area contributed by atoms with E-state index in [1.54, 1.807) is 0 Å². The van der Waals surface area contributed by atoms with Crippen LogP contribution in [0.5, 0.6) is 0 Å².